The molecule has 0 fully saturated rings. The monoisotopic (exact) mass is 369 g/mol. The number of hydrogen-bond acceptors (Lipinski definition) is 6. The van der Waals surface area contributed by atoms with E-state index in [-0.39, 0.29) is 5.91 Å². The van der Waals surface area contributed by atoms with E-state index in [1.807, 2.05) is 19.9 Å². The maximum atomic E-state index is 12.7. The third-order valence-corrected chi connectivity index (χ3v) is 5.12. The Balaban J connectivity index is 1.89. The third-order valence-electron chi connectivity index (χ3n) is 4.00. The number of rotatable bonds is 4. The second kappa shape index (κ2) is 7.13. The Morgan fingerprint density at radius 1 is 1.27 bits per heavy atom. The number of fused-ring (bicyclic) bond motifs is 1. The molecule has 0 spiro atoms. The van der Waals surface area contributed by atoms with Gasteiger partial charge < -0.3 is 15.8 Å². The molecular weight excluding hydrogens is 350 g/mol. The Hall–Kier alpha value is -2.93. The fourth-order valence-electron chi connectivity index (χ4n) is 2.52. The van der Waals surface area contributed by atoms with Crippen molar-refractivity contribution >= 4 is 44.8 Å². The molecule has 3 rings (SSSR count). The van der Waals surface area contributed by atoms with E-state index in [0.717, 1.165) is 21.5 Å². The highest BCUT2D eigenvalue weighted by Gasteiger charge is 2.18. The topological polar surface area (TPSA) is 94.3 Å². The highest BCUT2D eigenvalue weighted by atomic mass is 32.1. The molecule has 3 aromatic rings. The molecule has 0 saturated carbocycles. The van der Waals surface area contributed by atoms with Crippen LogP contribution in [0.5, 0.6) is 0 Å². The number of nitrogens with two attached hydrogens (primary N) is 1. The van der Waals surface area contributed by atoms with E-state index in [9.17, 15) is 9.59 Å². The Kier molecular flexibility index (Phi) is 4.90. The minimum Gasteiger partial charge on any atom is -0.462 e. The van der Waals surface area contributed by atoms with Crippen molar-refractivity contribution in [3.8, 4) is 0 Å². The van der Waals surface area contributed by atoms with Gasteiger partial charge in [0.2, 0.25) is 0 Å². The normalized spacial score (nSPS) is 10.7. The lowest BCUT2D eigenvalue weighted by Crippen LogP contribution is -2.13. The van der Waals surface area contributed by atoms with Crippen molar-refractivity contribution in [2.75, 3.05) is 17.7 Å². The minimum atomic E-state index is -0.430. The molecule has 1 aromatic carbocycles. The second-order valence-corrected chi connectivity index (χ2v) is 6.84. The molecule has 6 nitrogen and oxygen atoms in total. The summed E-state index contributed by atoms with van der Waals surface area (Å²) in [6.45, 7) is 5.91. The molecule has 3 N–H and O–H groups in total. The first-order valence-corrected chi connectivity index (χ1v) is 8.97. The molecule has 2 aromatic heterocycles. The minimum absolute atomic E-state index is 0.291. The predicted octanol–water partition coefficient (Wildman–Crippen LogP) is 3.92. The lowest BCUT2D eigenvalue weighted by molar-refractivity contribution is 0.0526. The van der Waals surface area contributed by atoms with Crippen LogP contribution in [0.2, 0.25) is 0 Å². The van der Waals surface area contributed by atoms with Gasteiger partial charge in [-0.05, 0) is 50.6 Å². The molecule has 134 valence electrons. The van der Waals surface area contributed by atoms with Crippen LogP contribution in [-0.4, -0.2) is 23.5 Å². The van der Waals surface area contributed by atoms with E-state index in [1.54, 1.807) is 31.2 Å². The fraction of sp³-hybridized carbons (Fsp3) is 0.211. The number of nitrogens with zero attached hydrogens (tertiary/aromatic N) is 1. The van der Waals surface area contributed by atoms with E-state index in [0.29, 0.717) is 28.4 Å². The Labute approximate surface area is 155 Å². The first-order chi connectivity index (χ1) is 12.4. The molecule has 0 aliphatic carbocycles. The fourth-order valence-corrected chi connectivity index (χ4v) is 3.54. The van der Waals surface area contributed by atoms with Crippen LogP contribution in [0.15, 0.2) is 30.3 Å². The average molecular weight is 369 g/mol. The quantitative estimate of drug-likeness (QED) is 0.680. The maximum Gasteiger partial charge on any atom is 0.338 e. The number of carbonyl (C=O) groups excluding carboxylic acids is 2. The van der Waals surface area contributed by atoms with Crippen LogP contribution in [-0.2, 0) is 4.74 Å². The van der Waals surface area contributed by atoms with Gasteiger partial charge in [-0.15, -0.1) is 11.3 Å². The lowest BCUT2D eigenvalue weighted by Gasteiger charge is -2.07. The van der Waals surface area contributed by atoms with E-state index >= 15 is 0 Å². The molecule has 0 aliphatic rings. The predicted molar refractivity (Wildman–Crippen MR) is 104 cm³/mol. The molecular formula is C19H19N3O3S. The molecule has 0 aliphatic heterocycles. The van der Waals surface area contributed by atoms with Crippen LogP contribution in [0.3, 0.4) is 0 Å². The lowest BCUT2D eigenvalue weighted by atomic mass is 10.1. The summed E-state index contributed by atoms with van der Waals surface area (Å²) < 4.78 is 4.98. The van der Waals surface area contributed by atoms with Gasteiger partial charge in [0, 0.05) is 16.8 Å². The van der Waals surface area contributed by atoms with E-state index in [2.05, 4.69) is 10.3 Å². The van der Waals surface area contributed by atoms with Crippen LogP contribution in [0, 0.1) is 13.8 Å². The zero-order valence-corrected chi connectivity index (χ0v) is 15.6. The maximum absolute atomic E-state index is 12.7. The third kappa shape index (κ3) is 3.39. The number of aromatic nitrogens is 1. The summed E-state index contributed by atoms with van der Waals surface area (Å²) >= 11 is 1.25. The van der Waals surface area contributed by atoms with Gasteiger partial charge in [0.15, 0.2) is 0 Å². The van der Waals surface area contributed by atoms with Gasteiger partial charge in [-0.25, -0.2) is 9.78 Å². The van der Waals surface area contributed by atoms with Gasteiger partial charge in [0.1, 0.15) is 9.71 Å². The second-order valence-electron chi connectivity index (χ2n) is 5.84. The number of anilines is 2. The number of thiophene rings is 1. The van der Waals surface area contributed by atoms with Crippen LogP contribution in [0.4, 0.5) is 11.4 Å². The van der Waals surface area contributed by atoms with E-state index < -0.39 is 5.97 Å². The summed E-state index contributed by atoms with van der Waals surface area (Å²) in [6, 6.07) is 8.55. The summed E-state index contributed by atoms with van der Waals surface area (Å²) in [5.74, 6) is -0.762. The van der Waals surface area contributed by atoms with E-state index in [1.165, 1.54) is 11.3 Å². The number of esters is 1. The van der Waals surface area contributed by atoms with E-state index in [4.69, 9.17) is 10.5 Å². The SMILES string of the molecule is CCOC(=O)c1cccc(NC(=O)c2sc3nc(C)c(C)cc3c2N)c1. The van der Waals surface area contributed by atoms with Crippen LogP contribution in [0.25, 0.3) is 10.2 Å². The van der Waals surface area contributed by atoms with Gasteiger partial charge in [0.05, 0.1) is 17.9 Å². The van der Waals surface area contributed by atoms with Crippen LogP contribution < -0.4 is 11.1 Å². The molecule has 0 saturated heterocycles. The average Bonchev–Trinajstić information content (AvgIpc) is 2.92. The highest BCUT2D eigenvalue weighted by Crippen LogP contribution is 2.34. The van der Waals surface area contributed by atoms with Gasteiger partial charge in [-0.3, -0.25) is 4.79 Å². The largest absolute Gasteiger partial charge is 0.462 e. The number of hydrogen-bond donors (Lipinski definition) is 2. The number of nitrogens with one attached hydrogen (secondary N) is 1. The molecule has 2 heterocycles. The van der Waals surface area contributed by atoms with Crippen LogP contribution >= 0.6 is 11.3 Å². The van der Waals surface area contributed by atoms with Crippen molar-refractivity contribution < 1.29 is 14.3 Å². The molecule has 26 heavy (non-hydrogen) atoms. The molecule has 0 bridgehead atoms. The summed E-state index contributed by atoms with van der Waals surface area (Å²) in [5.41, 5.74) is 9.39. The van der Waals surface area contributed by atoms with Gasteiger partial charge in [-0.1, -0.05) is 6.07 Å². The van der Waals surface area contributed by atoms with Crippen LogP contribution in [0.1, 0.15) is 38.2 Å². The molecule has 0 unspecified atom stereocenters. The Morgan fingerprint density at radius 3 is 2.77 bits per heavy atom. The summed E-state index contributed by atoms with van der Waals surface area (Å²) in [5, 5.41) is 3.56. The van der Waals surface area contributed by atoms with Crippen molar-refractivity contribution in [1.82, 2.24) is 4.98 Å². The molecule has 0 radical (unpaired) electrons. The summed E-state index contributed by atoms with van der Waals surface area (Å²) in [4.78, 5) is 30.1. The number of pyridine rings is 1. The zero-order valence-electron chi connectivity index (χ0n) is 14.8. The Morgan fingerprint density at radius 2 is 2.04 bits per heavy atom. The van der Waals surface area contributed by atoms with Crippen molar-refractivity contribution in [2.45, 2.75) is 20.8 Å². The van der Waals surface area contributed by atoms with Crippen molar-refractivity contribution in [1.29, 1.82) is 0 Å². The smallest absolute Gasteiger partial charge is 0.338 e. The van der Waals surface area contributed by atoms with Crippen molar-refractivity contribution in [3.63, 3.8) is 0 Å². The standard InChI is InChI=1S/C19H19N3O3S/c1-4-25-19(24)12-6-5-7-13(9-12)22-17(23)16-15(20)14-8-10(2)11(3)21-18(14)26-16/h5-9H,4,20H2,1-3H3,(H,22,23). The van der Waals surface area contributed by atoms with Gasteiger partial charge >= 0.3 is 5.97 Å². The molecule has 7 heteroatoms. The Bertz CT molecular complexity index is 1010. The summed E-state index contributed by atoms with van der Waals surface area (Å²) in [6.07, 6.45) is 0. The zero-order chi connectivity index (χ0) is 18.8. The van der Waals surface area contributed by atoms with Gasteiger partial charge in [0.25, 0.3) is 5.91 Å². The van der Waals surface area contributed by atoms with Gasteiger partial charge in [-0.2, -0.15) is 0 Å². The van der Waals surface area contributed by atoms with Crippen molar-refractivity contribution in [3.05, 3.63) is 52.0 Å². The number of nitrogen functional groups attached to an aromatic ring is 1. The highest BCUT2D eigenvalue weighted by molar-refractivity contribution is 7.21. The number of benzene rings is 1. The molecule has 1 amide bonds. The number of aryl methyl sites for hydroxylation is 2. The van der Waals surface area contributed by atoms with Crippen molar-refractivity contribution in [2.24, 2.45) is 0 Å². The number of ether oxygens (including phenoxy) is 1. The molecule has 0 atom stereocenters. The summed E-state index contributed by atoms with van der Waals surface area (Å²) in [7, 11) is 0. The first kappa shape index (κ1) is 17.9. The first-order valence-electron chi connectivity index (χ1n) is 8.15. The number of amides is 1. The number of carbonyl (C=O) groups is 2.